The second-order valence-corrected chi connectivity index (χ2v) is 6.50. The minimum absolute atomic E-state index is 0.0733. The SMILES string of the molecule is C=CCN1C(=O)N2C[C@@H](CC)NC2=C2NC(c3cc(OC)nn3C)N=C21. The summed E-state index contributed by atoms with van der Waals surface area (Å²) in [6.45, 7) is 6.94. The summed E-state index contributed by atoms with van der Waals surface area (Å²) >= 11 is 0. The Hall–Kier alpha value is -2.97. The summed E-state index contributed by atoms with van der Waals surface area (Å²) in [4.78, 5) is 21.2. The van der Waals surface area contributed by atoms with Crippen molar-refractivity contribution in [3.8, 4) is 5.88 Å². The number of hydrogen-bond donors (Lipinski definition) is 2. The molecule has 9 nitrogen and oxygen atoms in total. The molecule has 1 fully saturated rings. The number of rotatable bonds is 5. The lowest BCUT2D eigenvalue weighted by Crippen LogP contribution is -2.51. The molecule has 1 aromatic heterocycles. The van der Waals surface area contributed by atoms with Crippen molar-refractivity contribution in [3.05, 3.63) is 35.9 Å². The number of nitrogens with one attached hydrogen (secondary N) is 2. The van der Waals surface area contributed by atoms with Gasteiger partial charge in [0.1, 0.15) is 11.5 Å². The number of aliphatic imine (C=N–C) groups is 1. The Labute approximate surface area is 152 Å². The fourth-order valence-corrected chi connectivity index (χ4v) is 3.52. The first-order valence-corrected chi connectivity index (χ1v) is 8.70. The van der Waals surface area contributed by atoms with Gasteiger partial charge in [-0.05, 0) is 6.42 Å². The molecule has 3 aliphatic heterocycles. The number of amidine groups is 1. The van der Waals surface area contributed by atoms with Crippen molar-refractivity contribution in [1.82, 2.24) is 30.2 Å². The summed E-state index contributed by atoms with van der Waals surface area (Å²) in [5.41, 5.74) is 1.70. The Morgan fingerprint density at radius 1 is 1.46 bits per heavy atom. The quantitative estimate of drug-likeness (QED) is 0.765. The van der Waals surface area contributed by atoms with Crippen LogP contribution in [0.25, 0.3) is 0 Å². The van der Waals surface area contributed by atoms with Crippen LogP contribution in [0.1, 0.15) is 25.2 Å². The Kier molecular flexibility index (Phi) is 3.86. The van der Waals surface area contributed by atoms with Crippen LogP contribution in [0, 0.1) is 0 Å². The van der Waals surface area contributed by atoms with Gasteiger partial charge in [0.05, 0.1) is 12.8 Å². The van der Waals surface area contributed by atoms with E-state index in [-0.39, 0.29) is 18.2 Å². The Morgan fingerprint density at radius 2 is 2.27 bits per heavy atom. The fourth-order valence-electron chi connectivity index (χ4n) is 3.52. The van der Waals surface area contributed by atoms with E-state index in [0.717, 1.165) is 23.6 Å². The Bertz CT molecular complexity index is 825. The largest absolute Gasteiger partial charge is 0.480 e. The molecule has 0 radical (unpaired) electrons. The fraction of sp³-hybridized carbons (Fsp3) is 0.471. The van der Waals surface area contributed by atoms with E-state index in [9.17, 15) is 4.79 Å². The van der Waals surface area contributed by atoms with Crippen LogP contribution in [-0.4, -0.2) is 57.7 Å². The minimum Gasteiger partial charge on any atom is -0.480 e. The van der Waals surface area contributed by atoms with Crippen LogP contribution >= 0.6 is 0 Å². The van der Waals surface area contributed by atoms with Gasteiger partial charge in [-0.15, -0.1) is 11.7 Å². The highest BCUT2D eigenvalue weighted by molar-refractivity contribution is 6.11. The molecule has 138 valence electrons. The highest BCUT2D eigenvalue weighted by Gasteiger charge is 2.45. The zero-order chi connectivity index (χ0) is 18.4. The molecule has 2 N–H and O–H groups in total. The highest BCUT2D eigenvalue weighted by Crippen LogP contribution is 2.33. The second kappa shape index (κ2) is 6.08. The maximum atomic E-state index is 12.9. The average molecular weight is 357 g/mol. The van der Waals surface area contributed by atoms with Crippen LogP contribution in [0.4, 0.5) is 4.79 Å². The van der Waals surface area contributed by atoms with Crippen LogP contribution in [0.15, 0.2) is 35.2 Å². The molecular formula is C17H23N7O2. The number of hydrogen-bond acceptors (Lipinski definition) is 6. The van der Waals surface area contributed by atoms with Crippen molar-refractivity contribution in [2.24, 2.45) is 12.0 Å². The zero-order valence-corrected chi connectivity index (χ0v) is 15.2. The van der Waals surface area contributed by atoms with Gasteiger partial charge in [0.15, 0.2) is 12.0 Å². The average Bonchev–Trinajstić information content (AvgIpc) is 3.33. The number of amides is 2. The first kappa shape index (κ1) is 16.5. The summed E-state index contributed by atoms with van der Waals surface area (Å²) in [6, 6.07) is 2.01. The number of carbonyl (C=O) groups is 1. The van der Waals surface area contributed by atoms with Crippen molar-refractivity contribution in [3.63, 3.8) is 0 Å². The molecule has 0 aliphatic carbocycles. The van der Waals surface area contributed by atoms with Gasteiger partial charge in [-0.1, -0.05) is 13.0 Å². The van der Waals surface area contributed by atoms with Gasteiger partial charge < -0.3 is 15.4 Å². The van der Waals surface area contributed by atoms with Crippen molar-refractivity contribution in [2.75, 3.05) is 20.2 Å². The molecular weight excluding hydrogens is 334 g/mol. The lowest BCUT2D eigenvalue weighted by molar-refractivity contribution is 0.192. The number of ether oxygens (including phenoxy) is 1. The molecule has 0 aromatic carbocycles. The van der Waals surface area contributed by atoms with E-state index in [2.05, 4.69) is 29.2 Å². The van der Waals surface area contributed by atoms with Crippen LogP contribution in [0.3, 0.4) is 0 Å². The third kappa shape index (κ3) is 2.34. The van der Waals surface area contributed by atoms with Crippen LogP contribution in [-0.2, 0) is 7.05 Å². The number of aromatic nitrogens is 2. The summed E-state index contributed by atoms with van der Waals surface area (Å²) in [6.07, 6.45) is 2.32. The smallest absolute Gasteiger partial charge is 0.331 e. The number of carbonyl (C=O) groups excluding carboxylic acids is 1. The van der Waals surface area contributed by atoms with Gasteiger partial charge in [0.25, 0.3) is 0 Å². The third-order valence-electron chi connectivity index (χ3n) is 4.91. The Balaban J connectivity index is 1.76. The Morgan fingerprint density at radius 3 is 2.92 bits per heavy atom. The number of aryl methyl sites for hydroxylation is 1. The van der Waals surface area contributed by atoms with Gasteiger partial charge in [-0.2, -0.15) is 0 Å². The molecule has 26 heavy (non-hydrogen) atoms. The predicted molar refractivity (Wildman–Crippen MR) is 96.3 cm³/mol. The lowest BCUT2D eigenvalue weighted by Gasteiger charge is -2.32. The highest BCUT2D eigenvalue weighted by atomic mass is 16.5. The first-order valence-electron chi connectivity index (χ1n) is 8.70. The van der Waals surface area contributed by atoms with Crippen molar-refractivity contribution >= 4 is 11.9 Å². The van der Waals surface area contributed by atoms with E-state index >= 15 is 0 Å². The number of methoxy groups -OCH3 is 1. The molecule has 3 aliphatic rings. The zero-order valence-electron chi connectivity index (χ0n) is 15.2. The van der Waals surface area contributed by atoms with Crippen LogP contribution in [0.5, 0.6) is 5.88 Å². The van der Waals surface area contributed by atoms with Crippen molar-refractivity contribution in [2.45, 2.75) is 25.6 Å². The van der Waals surface area contributed by atoms with Gasteiger partial charge >= 0.3 is 6.03 Å². The third-order valence-corrected chi connectivity index (χ3v) is 4.91. The summed E-state index contributed by atoms with van der Waals surface area (Å²) in [7, 11) is 3.43. The molecule has 1 saturated heterocycles. The van der Waals surface area contributed by atoms with Gasteiger partial charge in [-0.25, -0.2) is 9.79 Å². The lowest BCUT2D eigenvalue weighted by atomic mass is 10.2. The van der Waals surface area contributed by atoms with E-state index in [1.807, 2.05) is 13.1 Å². The summed E-state index contributed by atoms with van der Waals surface area (Å²) in [5, 5.41) is 11.2. The molecule has 2 atom stereocenters. The van der Waals surface area contributed by atoms with Crippen LogP contribution in [0.2, 0.25) is 0 Å². The summed E-state index contributed by atoms with van der Waals surface area (Å²) < 4.78 is 6.94. The van der Waals surface area contributed by atoms with E-state index < -0.39 is 0 Å². The molecule has 1 unspecified atom stereocenters. The van der Waals surface area contributed by atoms with E-state index in [0.29, 0.717) is 24.8 Å². The van der Waals surface area contributed by atoms with E-state index in [4.69, 9.17) is 9.73 Å². The maximum Gasteiger partial charge on any atom is 0.331 e. The van der Waals surface area contributed by atoms with Crippen LogP contribution < -0.4 is 15.4 Å². The monoisotopic (exact) mass is 357 g/mol. The first-order chi connectivity index (χ1) is 12.6. The number of nitrogens with zero attached hydrogens (tertiary/aromatic N) is 5. The van der Waals surface area contributed by atoms with Gasteiger partial charge in [0, 0.05) is 32.2 Å². The molecule has 9 heteroatoms. The predicted octanol–water partition coefficient (Wildman–Crippen LogP) is 0.903. The molecule has 2 amide bonds. The molecule has 0 saturated carbocycles. The van der Waals surface area contributed by atoms with E-state index in [1.165, 1.54) is 0 Å². The molecule has 0 spiro atoms. The molecule has 1 aromatic rings. The molecule has 4 heterocycles. The number of urea groups is 1. The molecule has 0 bridgehead atoms. The minimum atomic E-state index is -0.337. The van der Waals surface area contributed by atoms with Crippen molar-refractivity contribution in [1.29, 1.82) is 0 Å². The topological polar surface area (TPSA) is 87.0 Å². The van der Waals surface area contributed by atoms with Gasteiger partial charge in [-0.3, -0.25) is 14.5 Å². The molecule has 4 rings (SSSR count). The van der Waals surface area contributed by atoms with E-state index in [1.54, 1.807) is 27.7 Å². The summed E-state index contributed by atoms with van der Waals surface area (Å²) in [5.74, 6) is 1.97. The second-order valence-electron chi connectivity index (χ2n) is 6.50. The van der Waals surface area contributed by atoms with Crippen molar-refractivity contribution < 1.29 is 9.53 Å². The normalized spacial score (nSPS) is 24.1. The number of fused-ring (bicyclic) bond motifs is 2. The van der Waals surface area contributed by atoms with Gasteiger partial charge in [0.2, 0.25) is 5.88 Å². The standard InChI is InChI=1S/C17H23N7O2/c1-5-7-23-16-13(15-18-10(6-2)9-24(15)17(23)25)19-14(20-16)11-8-12(26-4)21-22(11)3/h5,8,10,14,18-19H,1,6-7,9H2,2-4H3/t10-,14?/m1/s1. The maximum absolute atomic E-state index is 12.9.